The average molecular weight is 230 g/mol. The first-order valence-corrected chi connectivity index (χ1v) is 5.85. The first kappa shape index (κ1) is 15.4. The molecule has 1 unspecified atom stereocenters. The van der Waals surface area contributed by atoms with Crippen molar-refractivity contribution in [2.45, 2.75) is 53.2 Å². The maximum Gasteiger partial charge on any atom is 0.250 e. The SMILES string of the molecule is CC(C)C[C@H](N)C(O)C(=O)NCC(C)(C)C. The van der Waals surface area contributed by atoms with Crippen molar-refractivity contribution in [2.24, 2.45) is 17.1 Å². The van der Waals surface area contributed by atoms with E-state index in [-0.39, 0.29) is 11.3 Å². The molecule has 0 heterocycles. The molecule has 0 aliphatic heterocycles. The number of rotatable bonds is 5. The van der Waals surface area contributed by atoms with Crippen molar-refractivity contribution in [3.05, 3.63) is 0 Å². The minimum Gasteiger partial charge on any atom is -0.382 e. The zero-order chi connectivity index (χ0) is 12.9. The topological polar surface area (TPSA) is 75.3 Å². The number of nitrogens with two attached hydrogens (primary N) is 1. The smallest absolute Gasteiger partial charge is 0.250 e. The van der Waals surface area contributed by atoms with Gasteiger partial charge in [-0.2, -0.15) is 0 Å². The van der Waals surface area contributed by atoms with Gasteiger partial charge in [0.25, 0.3) is 0 Å². The van der Waals surface area contributed by atoms with Crippen molar-refractivity contribution in [1.82, 2.24) is 5.32 Å². The molecule has 4 N–H and O–H groups in total. The summed E-state index contributed by atoms with van der Waals surface area (Å²) in [7, 11) is 0. The molecule has 96 valence electrons. The second-order valence-corrected chi connectivity index (χ2v) is 6.02. The van der Waals surface area contributed by atoms with E-state index >= 15 is 0 Å². The number of carbonyl (C=O) groups is 1. The number of hydrogen-bond acceptors (Lipinski definition) is 3. The maximum absolute atomic E-state index is 11.6. The van der Waals surface area contributed by atoms with Crippen LogP contribution in [0.1, 0.15) is 41.0 Å². The van der Waals surface area contributed by atoms with E-state index in [1.165, 1.54) is 0 Å². The predicted molar refractivity (Wildman–Crippen MR) is 65.9 cm³/mol. The minimum atomic E-state index is -1.11. The van der Waals surface area contributed by atoms with E-state index in [1.54, 1.807) is 0 Å². The fourth-order valence-electron chi connectivity index (χ4n) is 1.32. The van der Waals surface area contributed by atoms with Gasteiger partial charge in [0.2, 0.25) is 5.91 Å². The average Bonchev–Trinajstić information content (AvgIpc) is 2.10. The fourth-order valence-corrected chi connectivity index (χ4v) is 1.32. The molecule has 4 nitrogen and oxygen atoms in total. The molecular formula is C12H26N2O2. The first-order valence-electron chi connectivity index (χ1n) is 5.85. The number of aliphatic hydroxyl groups excluding tert-OH is 1. The third-order valence-corrected chi connectivity index (χ3v) is 2.21. The highest BCUT2D eigenvalue weighted by atomic mass is 16.3. The van der Waals surface area contributed by atoms with Gasteiger partial charge >= 0.3 is 0 Å². The second-order valence-electron chi connectivity index (χ2n) is 6.02. The molecule has 0 aliphatic rings. The first-order chi connectivity index (χ1) is 7.13. The molecule has 0 spiro atoms. The van der Waals surface area contributed by atoms with Gasteiger partial charge in [-0.15, -0.1) is 0 Å². The van der Waals surface area contributed by atoms with Crippen molar-refractivity contribution in [1.29, 1.82) is 0 Å². The van der Waals surface area contributed by atoms with Crippen LogP contribution in [0, 0.1) is 11.3 Å². The Morgan fingerprint density at radius 2 is 1.88 bits per heavy atom. The molecular weight excluding hydrogens is 204 g/mol. The van der Waals surface area contributed by atoms with Crippen LogP contribution in [0.2, 0.25) is 0 Å². The molecule has 0 aromatic rings. The summed E-state index contributed by atoms with van der Waals surface area (Å²) in [6.45, 7) is 10.6. The summed E-state index contributed by atoms with van der Waals surface area (Å²) < 4.78 is 0. The molecule has 2 atom stereocenters. The third kappa shape index (κ3) is 6.80. The maximum atomic E-state index is 11.6. The van der Waals surface area contributed by atoms with E-state index in [0.717, 1.165) is 0 Å². The van der Waals surface area contributed by atoms with Crippen molar-refractivity contribution >= 4 is 5.91 Å². The Bertz CT molecular complexity index is 222. The summed E-state index contributed by atoms with van der Waals surface area (Å²) in [4.78, 5) is 11.6. The Morgan fingerprint density at radius 1 is 1.38 bits per heavy atom. The van der Waals surface area contributed by atoms with Crippen LogP contribution in [0.25, 0.3) is 0 Å². The van der Waals surface area contributed by atoms with Gasteiger partial charge in [0, 0.05) is 12.6 Å². The summed E-state index contributed by atoms with van der Waals surface area (Å²) in [6.07, 6.45) is -0.464. The standard InChI is InChI=1S/C12H26N2O2/c1-8(2)6-9(13)10(15)11(16)14-7-12(3,4)5/h8-10,15H,6-7,13H2,1-5H3,(H,14,16)/t9-,10?/m0/s1. The van der Waals surface area contributed by atoms with Crippen LogP contribution in [0.5, 0.6) is 0 Å². The molecule has 0 rings (SSSR count). The summed E-state index contributed by atoms with van der Waals surface area (Å²) in [6, 6.07) is -0.486. The Balaban J connectivity index is 4.08. The summed E-state index contributed by atoms with van der Waals surface area (Å²) in [5.41, 5.74) is 5.76. The van der Waals surface area contributed by atoms with E-state index in [0.29, 0.717) is 18.9 Å². The molecule has 0 bridgehead atoms. The van der Waals surface area contributed by atoms with E-state index in [2.05, 4.69) is 5.32 Å². The number of nitrogens with one attached hydrogen (secondary N) is 1. The van der Waals surface area contributed by atoms with Crippen molar-refractivity contribution < 1.29 is 9.90 Å². The van der Waals surface area contributed by atoms with E-state index < -0.39 is 12.1 Å². The Hall–Kier alpha value is -0.610. The predicted octanol–water partition coefficient (Wildman–Crippen LogP) is 0.883. The van der Waals surface area contributed by atoms with Crippen LogP contribution >= 0.6 is 0 Å². The van der Waals surface area contributed by atoms with Crippen LogP contribution in [-0.2, 0) is 4.79 Å². The van der Waals surface area contributed by atoms with Crippen LogP contribution in [0.3, 0.4) is 0 Å². The summed E-state index contributed by atoms with van der Waals surface area (Å²) in [5.74, 6) is 0.00291. The van der Waals surface area contributed by atoms with Gasteiger partial charge < -0.3 is 16.2 Å². The molecule has 0 fully saturated rings. The Labute approximate surface area is 98.6 Å². The lowest BCUT2D eigenvalue weighted by molar-refractivity contribution is -0.130. The van der Waals surface area contributed by atoms with E-state index in [4.69, 9.17) is 5.73 Å². The minimum absolute atomic E-state index is 0.0114. The molecule has 0 saturated carbocycles. The van der Waals surface area contributed by atoms with Crippen molar-refractivity contribution in [3.8, 4) is 0 Å². The van der Waals surface area contributed by atoms with Crippen LogP contribution in [-0.4, -0.2) is 29.7 Å². The summed E-state index contributed by atoms with van der Waals surface area (Å²) in [5, 5.41) is 12.4. The van der Waals surface area contributed by atoms with Gasteiger partial charge in [0.1, 0.15) is 6.10 Å². The lowest BCUT2D eigenvalue weighted by Gasteiger charge is -2.23. The highest BCUT2D eigenvalue weighted by Crippen LogP contribution is 2.11. The van der Waals surface area contributed by atoms with Gasteiger partial charge in [-0.05, 0) is 17.8 Å². The third-order valence-electron chi connectivity index (χ3n) is 2.21. The number of carbonyl (C=O) groups excluding carboxylic acids is 1. The zero-order valence-corrected chi connectivity index (χ0v) is 11.1. The zero-order valence-electron chi connectivity index (χ0n) is 11.1. The van der Waals surface area contributed by atoms with Crippen LogP contribution in [0.4, 0.5) is 0 Å². The highest BCUT2D eigenvalue weighted by Gasteiger charge is 2.24. The molecule has 0 radical (unpaired) electrons. The van der Waals surface area contributed by atoms with Gasteiger partial charge in [-0.1, -0.05) is 34.6 Å². The quantitative estimate of drug-likeness (QED) is 0.656. The molecule has 1 amide bonds. The Kier molecular flexibility index (Phi) is 5.97. The van der Waals surface area contributed by atoms with Gasteiger partial charge in [-0.25, -0.2) is 0 Å². The molecule has 4 heteroatoms. The van der Waals surface area contributed by atoms with Gasteiger partial charge in [-0.3, -0.25) is 4.79 Å². The lowest BCUT2D eigenvalue weighted by Crippen LogP contribution is -2.48. The van der Waals surface area contributed by atoms with Gasteiger partial charge in [0.15, 0.2) is 0 Å². The lowest BCUT2D eigenvalue weighted by atomic mass is 9.96. The van der Waals surface area contributed by atoms with E-state index in [1.807, 2.05) is 34.6 Å². The monoisotopic (exact) mass is 230 g/mol. The Morgan fingerprint density at radius 3 is 2.25 bits per heavy atom. The highest BCUT2D eigenvalue weighted by molar-refractivity contribution is 5.81. The van der Waals surface area contributed by atoms with Gasteiger partial charge in [0.05, 0.1) is 0 Å². The number of aliphatic hydroxyl groups is 1. The molecule has 0 aromatic carbocycles. The normalized spacial score (nSPS) is 16.0. The largest absolute Gasteiger partial charge is 0.382 e. The molecule has 0 aromatic heterocycles. The molecule has 0 aliphatic carbocycles. The number of hydrogen-bond donors (Lipinski definition) is 3. The number of amides is 1. The van der Waals surface area contributed by atoms with Crippen LogP contribution < -0.4 is 11.1 Å². The van der Waals surface area contributed by atoms with Crippen molar-refractivity contribution in [2.75, 3.05) is 6.54 Å². The van der Waals surface area contributed by atoms with Crippen molar-refractivity contribution in [3.63, 3.8) is 0 Å². The van der Waals surface area contributed by atoms with Crippen LogP contribution in [0.15, 0.2) is 0 Å². The summed E-state index contributed by atoms with van der Waals surface area (Å²) >= 11 is 0. The fraction of sp³-hybridized carbons (Fsp3) is 0.917. The molecule has 16 heavy (non-hydrogen) atoms. The van der Waals surface area contributed by atoms with E-state index in [9.17, 15) is 9.90 Å². The second kappa shape index (κ2) is 6.21. The molecule has 0 saturated heterocycles.